The number of aromatic nitrogens is 3. The van der Waals surface area contributed by atoms with Crippen molar-refractivity contribution in [1.82, 2.24) is 20.3 Å². The van der Waals surface area contributed by atoms with Gasteiger partial charge < -0.3 is 10.3 Å². The average molecular weight is 230 g/mol. The van der Waals surface area contributed by atoms with Crippen LogP contribution < -0.4 is 10.9 Å². The van der Waals surface area contributed by atoms with E-state index in [0.717, 1.165) is 5.69 Å². The summed E-state index contributed by atoms with van der Waals surface area (Å²) in [6.45, 7) is 0.272. The zero-order valence-corrected chi connectivity index (χ0v) is 8.88. The van der Waals surface area contributed by atoms with E-state index in [1.54, 1.807) is 18.3 Å². The van der Waals surface area contributed by atoms with Crippen LogP contribution in [0.1, 0.15) is 16.1 Å². The van der Waals surface area contributed by atoms with Gasteiger partial charge in [0.2, 0.25) is 0 Å². The monoisotopic (exact) mass is 230 g/mol. The number of aromatic amines is 1. The van der Waals surface area contributed by atoms with E-state index in [9.17, 15) is 9.59 Å². The number of hydrogen-bond donors (Lipinski definition) is 2. The molecule has 6 nitrogen and oxygen atoms in total. The van der Waals surface area contributed by atoms with Gasteiger partial charge in [-0.15, -0.1) is 0 Å². The Bertz CT molecular complexity index is 565. The number of carbonyl (C=O) groups is 1. The van der Waals surface area contributed by atoms with Gasteiger partial charge in [-0.1, -0.05) is 6.07 Å². The van der Waals surface area contributed by atoms with E-state index in [1.807, 2.05) is 6.07 Å². The smallest absolute Gasteiger partial charge is 0.263 e. The summed E-state index contributed by atoms with van der Waals surface area (Å²) in [5, 5.41) is 2.59. The lowest BCUT2D eigenvalue weighted by molar-refractivity contribution is 0.0948. The highest BCUT2D eigenvalue weighted by Crippen LogP contribution is 1.93. The molecule has 0 fully saturated rings. The zero-order chi connectivity index (χ0) is 12.1. The van der Waals surface area contributed by atoms with Crippen LogP contribution in [0.2, 0.25) is 0 Å². The molecule has 17 heavy (non-hydrogen) atoms. The van der Waals surface area contributed by atoms with Crippen molar-refractivity contribution in [3.05, 3.63) is 58.5 Å². The van der Waals surface area contributed by atoms with Crippen LogP contribution in [0.3, 0.4) is 0 Å². The molecule has 86 valence electrons. The van der Waals surface area contributed by atoms with Crippen LogP contribution in [0.4, 0.5) is 0 Å². The maximum Gasteiger partial charge on any atom is 0.263 e. The maximum absolute atomic E-state index is 11.6. The summed E-state index contributed by atoms with van der Waals surface area (Å²) >= 11 is 0. The normalized spacial score (nSPS) is 9.88. The number of H-pyrrole nitrogens is 1. The van der Waals surface area contributed by atoms with Gasteiger partial charge in [0.25, 0.3) is 11.5 Å². The minimum atomic E-state index is -0.468. The largest absolute Gasteiger partial charge is 0.346 e. The highest BCUT2D eigenvalue weighted by atomic mass is 16.2. The second-order valence-electron chi connectivity index (χ2n) is 3.30. The first-order valence-electron chi connectivity index (χ1n) is 4.98. The van der Waals surface area contributed by atoms with E-state index < -0.39 is 11.5 Å². The molecule has 0 atom stereocenters. The Labute approximate surface area is 96.8 Å². The molecule has 0 spiro atoms. The SMILES string of the molecule is O=C(NCc1ccccn1)c1cnc[nH]c1=O. The summed E-state index contributed by atoms with van der Waals surface area (Å²) in [4.78, 5) is 33.0. The Hall–Kier alpha value is -2.50. The first-order valence-corrected chi connectivity index (χ1v) is 4.98. The Balaban J connectivity index is 2.04. The molecule has 0 aromatic carbocycles. The molecule has 2 heterocycles. The minimum absolute atomic E-state index is 0.0107. The van der Waals surface area contributed by atoms with Gasteiger partial charge >= 0.3 is 0 Å². The van der Waals surface area contributed by atoms with Crippen molar-refractivity contribution in [2.75, 3.05) is 0 Å². The highest BCUT2D eigenvalue weighted by Gasteiger charge is 2.09. The van der Waals surface area contributed by atoms with Crippen LogP contribution in [0.5, 0.6) is 0 Å². The molecule has 0 unspecified atom stereocenters. The van der Waals surface area contributed by atoms with Gasteiger partial charge in [0.05, 0.1) is 18.6 Å². The first kappa shape index (κ1) is 11.0. The number of hydrogen-bond acceptors (Lipinski definition) is 4. The highest BCUT2D eigenvalue weighted by molar-refractivity contribution is 5.93. The van der Waals surface area contributed by atoms with Crippen molar-refractivity contribution in [3.8, 4) is 0 Å². The number of amides is 1. The van der Waals surface area contributed by atoms with Gasteiger partial charge in [-0.2, -0.15) is 0 Å². The van der Waals surface area contributed by atoms with Gasteiger partial charge in [-0.3, -0.25) is 14.6 Å². The quantitative estimate of drug-likeness (QED) is 0.782. The molecule has 0 bridgehead atoms. The zero-order valence-electron chi connectivity index (χ0n) is 8.88. The van der Waals surface area contributed by atoms with Crippen LogP contribution in [-0.2, 0) is 6.54 Å². The van der Waals surface area contributed by atoms with Crippen molar-refractivity contribution in [1.29, 1.82) is 0 Å². The molecular formula is C11H10N4O2. The van der Waals surface area contributed by atoms with Gasteiger partial charge in [0.1, 0.15) is 5.56 Å². The predicted octanol–water partition coefficient (Wildman–Crippen LogP) is 0.0949. The number of nitrogens with one attached hydrogen (secondary N) is 2. The fraction of sp³-hybridized carbons (Fsp3) is 0.0909. The van der Waals surface area contributed by atoms with Gasteiger partial charge in [-0.25, -0.2) is 4.98 Å². The first-order chi connectivity index (χ1) is 8.27. The molecule has 2 rings (SSSR count). The fourth-order valence-electron chi connectivity index (χ4n) is 1.27. The van der Waals surface area contributed by atoms with Crippen molar-refractivity contribution >= 4 is 5.91 Å². The van der Waals surface area contributed by atoms with E-state index in [0.29, 0.717) is 0 Å². The van der Waals surface area contributed by atoms with E-state index in [4.69, 9.17) is 0 Å². The fourth-order valence-corrected chi connectivity index (χ4v) is 1.27. The number of carbonyl (C=O) groups excluding carboxylic acids is 1. The van der Waals surface area contributed by atoms with Crippen LogP contribution in [-0.4, -0.2) is 20.9 Å². The van der Waals surface area contributed by atoms with E-state index in [1.165, 1.54) is 12.5 Å². The predicted molar refractivity (Wildman–Crippen MR) is 60.3 cm³/mol. The Morgan fingerprint density at radius 3 is 3.00 bits per heavy atom. The van der Waals surface area contributed by atoms with Gasteiger partial charge in [0.15, 0.2) is 0 Å². The molecule has 2 aromatic heterocycles. The lowest BCUT2D eigenvalue weighted by Gasteiger charge is -2.03. The van der Waals surface area contributed by atoms with E-state index in [-0.39, 0.29) is 12.1 Å². The molecule has 2 aromatic rings. The summed E-state index contributed by atoms with van der Waals surface area (Å²) < 4.78 is 0. The summed E-state index contributed by atoms with van der Waals surface area (Å²) in [5.41, 5.74) is 0.253. The third-order valence-corrected chi connectivity index (χ3v) is 2.12. The summed E-state index contributed by atoms with van der Waals surface area (Å²) in [7, 11) is 0. The number of rotatable bonds is 3. The number of nitrogens with zero attached hydrogens (tertiary/aromatic N) is 2. The summed E-state index contributed by atoms with van der Waals surface area (Å²) in [5.74, 6) is -0.468. The van der Waals surface area contributed by atoms with Crippen LogP contribution >= 0.6 is 0 Å². The molecule has 0 radical (unpaired) electrons. The molecule has 0 aliphatic carbocycles. The van der Waals surface area contributed by atoms with Crippen molar-refractivity contribution < 1.29 is 4.79 Å². The Morgan fingerprint density at radius 2 is 2.29 bits per heavy atom. The molecule has 0 saturated carbocycles. The molecule has 2 N–H and O–H groups in total. The molecule has 1 amide bonds. The topological polar surface area (TPSA) is 87.7 Å². The molecule has 0 aliphatic rings. The van der Waals surface area contributed by atoms with Crippen LogP contribution in [0, 0.1) is 0 Å². The standard InChI is InChI=1S/C11H10N4O2/c16-10(9-6-12-7-15-11(9)17)14-5-8-3-1-2-4-13-8/h1-4,6-7H,5H2,(H,14,16)(H,12,15,17). The molecular weight excluding hydrogens is 220 g/mol. The lowest BCUT2D eigenvalue weighted by Crippen LogP contribution is -2.29. The minimum Gasteiger partial charge on any atom is -0.346 e. The van der Waals surface area contributed by atoms with Crippen molar-refractivity contribution in [3.63, 3.8) is 0 Å². The molecule has 6 heteroatoms. The van der Waals surface area contributed by atoms with E-state index in [2.05, 4.69) is 20.3 Å². The lowest BCUT2D eigenvalue weighted by atomic mass is 10.3. The Morgan fingerprint density at radius 1 is 1.41 bits per heavy atom. The number of pyridine rings is 1. The summed E-state index contributed by atoms with van der Waals surface area (Å²) in [6, 6.07) is 5.40. The van der Waals surface area contributed by atoms with Gasteiger partial charge in [0, 0.05) is 12.4 Å². The van der Waals surface area contributed by atoms with Gasteiger partial charge in [-0.05, 0) is 12.1 Å². The van der Waals surface area contributed by atoms with Crippen LogP contribution in [0.15, 0.2) is 41.7 Å². The average Bonchev–Trinajstić information content (AvgIpc) is 2.38. The van der Waals surface area contributed by atoms with Crippen LogP contribution in [0.25, 0.3) is 0 Å². The molecule has 0 saturated heterocycles. The van der Waals surface area contributed by atoms with E-state index >= 15 is 0 Å². The summed E-state index contributed by atoms with van der Waals surface area (Å²) in [6.07, 6.45) is 4.10. The second kappa shape index (κ2) is 5.02. The van der Waals surface area contributed by atoms with Crippen molar-refractivity contribution in [2.24, 2.45) is 0 Å². The second-order valence-corrected chi connectivity index (χ2v) is 3.30. The van der Waals surface area contributed by atoms with Crippen molar-refractivity contribution in [2.45, 2.75) is 6.54 Å². The molecule has 0 aliphatic heterocycles. The maximum atomic E-state index is 11.6. The third kappa shape index (κ3) is 2.75. The Kier molecular flexibility index (Phi) is 3.25. The third-order valence-electron chi connectivity index (χ3n) is 2.12.